The number of piperidine rings is 1. The number of carbonyl (C=O) groups is 1. The number of likely N-dealkylation sites (tertiary alicyclic amines) is 1. The van der Waals surface area contributed by atoms with E-state index in [9.17, 15) is 18.0 Å². The SMILES string of the molecule is C=C(/C(C)=C(\N=CN)C(=O)N1CCC(N[C@H]2CCOC[C@H]2OC)CC1)N1COc2ccc(C(F)(F)F)cc2C1. The van der Waals surface area contributed by atoms with Gasteiger partial charge < -0.3 is 35.1 Å². The lowest BCUT2D eigenvalue weighted by molar-refractivity contribution is -0.137. The fourth-order valence-corrected chi connectivity index (χ4v) is 5.19. The highest BCUT2D eigenvalue weighted by atomic mass is 19.4. The van der Waals surface area contributed by atoms with Crippen LogP contribution in [0.4, 0.5) is 13.2 Å². The van der Waals surface area contributed by atoms with Crippen LogP contribution >= 0.6 is 0 Å². The maximum atomic E-state index is 13.5. The van der Waals surface area contributed by atoms with Crippen molar-refractivity contribution >= 4 is 12.2 Å². The summed E-state index contributed by atoms with van der Waals surface area (Å²) in [5.41, 5.74) is 6.27. The van der Waals surface area contributed by atoms with E-state index in [-0.39, 0.29) is 43.1 Å². The zero-order chi connectivity index (χ0) is 28.2. The van der Waals surface area contributed by atoms with Gasteiger partial charge in [-0.1, -0.05) is 6.58 Å². The van der Waals surface area contributed by atoms with Crippen LogP contribution in [0.5, 0.6) is 5.75 Å². The second kappa shape index (κ2) is 12.4. The van der Waals surface area contributed by atoms with Gasteiger partial charge in [-0.05, 0) is 44.4 Å². The summed E-state index contributed by atoms with van der Waals surface area (Å²) in [5, 5.41) is 3.67. The Morgan fingerprint density at radius 1 is 1.26 bits per heavy atom. The minimum absolute atomic E-state index is 0.00582. The normalized spacial score (nSPS) is 23.3. The third-order valence-corrected chi connectivity index (χ3v) is 7.54. The fourth-order valence-electron chi connectivity index (χ4n) is 5.19. The molecular weight excluding hydrogens is 515 g/mol. The fraction of sp³-hybridized carbons (Fsp3) is 0.556. The van der Waals surface area contributed by atoms with Crippen molar-refractivity contribution in [2.24, 2.45) is 10.7 Å². The molecule has 0 unspecified atom stereocenters. The van der Waals surface area contributed by atoms with Crippen LogP contribution < -0.4 is 15.8 Å². The van der Waals surface area contributed by atoms with Gasteiger partial charge in [0.25, 0.3) is 5.91 Å². The maximum absolute atomic E-state index is 13.5. The van der Waals surface area contributed by atoms with Crippen molar-refractivity contribution in [1.82, 2.24) is 15.1 Å². The number of nitrogens with zero attached hydrogens (tertiary/aromatic N) is 3. The molecule has 4 rings (SSSR count). The van der Waals surface area contributed by atoms with Crippen molar-refractivity contribution in [1.29, 1.82) is 0 Å². The molecule has 0 saturated carbocycles. The Kier molecular flexibility index (Phi) is 9.19. The van der Waals surface area contributed by atoms with E-state index in [1.165, 1.54) is 6.07 Å². The highest BCUT2D eigenvalue weighted by Gasteiger charge is 2.34. The zero-order valence-electron chi connectivity index (χ0n) is 22.3. The van der Waals surface area contributed by atoms with Crippen LogP contribution in [0.2, 0.25) is 0 Å². The predicted octanol–water partition coefficient (Wildman–Crippen LogP) is 3.02. The Balaban J connectivity index is 1.42. The van der Waals surface area contributed by atoms with E-state index in [1.54, 1.807) is 23.8 Å². The maximum Gasteiger partial charge on any atom is 0.416 e. The molecule has 3 N–H and O–H groups in total. The molecule has 2 saturated heterocycles. The molecule has 3 aliphatic heterocycles. The van der Waals surface area contributed by atoms with Crippen molar-refractivity contribution < 1.29 is 32.2 Å². The zero-order valence-corrected chi connectivity index (χ0v) is 22.3. The minimum atomic E-state index is -4.46. The molecule has 3 aliphatic rings. The van der Waals surface area contributed by atoms with Gasteiger partial charge in [0.05, 0.1) is 24.6 Å². The largest absolute Gasteiger partial charge is 0.473 e. The Morgan fingerprint density at radius 3 is 2.67 bits per heavy atom. The van der Waals surface area contributed by atoms with Crippen LogP contribution in [0.15, 0.2) is 46.7 Å². The summed E-state index contributed by atoms with van der Waals surface area (Å²) in [4.78, 5) is 21.1. The van der Waals surface area contributed by atoms with Crippen LogP contribution in [-0.4, -0.2) is 80.4 Å². The van der Waals surface area contributed by atoms with Gasteiger partial charge in [-0.2, -0.15) is 13.2 Å². The topological polar surface area (TPSA) is 102 Å². The highest BCUT2D eigenvalue weighted by Crippen LogP contribution is 2.36. The average molecular weight is 552 g/mol. The molecular formula is C27H36F3N5O4. The van der Waals surface area contributed by atoms with E-state index >= 15 is 0 Å². The number of carbonyl (C=O) groups excluding carboxylic acids is 1. The van der Waals surface area contributed by atoms with Crippen LogP contribution in [-0.2, 0) is 27.0 Å². The number of nitrogens with two attached hydrogens (primary N) is 1. The first kappa shape index (κ1) is 28.9. The van der Waals surface area contributed by atoms with Crippen molar-refractivity contribution in [2.75, 3.05) is 40.1 Å². The molecule has 1 aromatic rings. The second-order valence-corrected chi connectivity index (χ2v) is 9.97. The quantitative estimate of drug-likeness (QED) is 0.233. The summed E-state index contributed by atoms with van der Waals surface area (Å²) in [5.74, 6) is 0.117. The number of allylic oxidation sites excluding steroid dienone is 1. The number of fused-ring (bicyclic) bond motifs is 1. The molecule has 0 spiro atoms. The van der Waals surface area contributed by atoms with Gasteiger partial charge in [0.15, 0.2) is 6.73 Å². The van der Waals surface area contributed by atoms with E-state index in [0.717, 1.165) is 37.7 Å². The highest BCUT2D eigenvalue weighted by molar-refractivity contribution is 5.95. The molecule has 3 heterocycles. The Hall–Kier alpha value is -3.09. The van der Waals surface area contributed by atoms with Crippen LogP contribution in [0.1, 0.15) is 37.3 Å². The number of hydrogen-bond acceptors (Lipinski definition) is 7. The second-order valence-electron chi connectivity index (χ2n) is 9.97. The van der Waals surface area contributed by atoms with Gasteiger partial charge in [-0.25, -0.2) is 4.99 Å². The van der Waals surface area contributed by atoms with Gasteiger partial charge in [-0.15, -0.1) is 0 Å². The molecule has 9 nitrogen and oxygen atoms in total. The molecule has 2 fully saturated rings. The number of hydrogen-bond donors (Lipinski definition) is 2. The third-order valence-electron chi connectivity index (χ3n) is 7.54. The molecule has 39 heavy (non-hydrogen) atoms. The van der Waals surface area contributed by atoms with E-state index in [4.69, 9.17) is 19.9 Å². The summed E-state index contributed by atoms with van der Waals surface area (Å²) < 4.78 is 56.3. The Morgan fingerprint density at radius 2 is 2.00 bits per heavy atom. The average Bonchev–Trinajstić information content (AvgIpc) is 2.94. The van der Waals surface area contributed by atoms with Crippen molar-refractivity contribution in [2.45, 2.75) is 57.1 Å². The van der Waals surface area contributed by atoms with Crippen LogP contribution in [0.3, 0.4) is 0 Å². The molecule has 0 aromatic heterocycles. The van der Waals surface area contributed by atoms with Gasteiger partial charge >= 0.3 is 6.18 Å². The molecule has 0 bridgehead atoms. The molecule has 1 aromatic carbocycles. The summed E-state index contributed by atoms with van der Waals surface area (Å²) in [6.07, 6.45) is -0.967. The molecule has 12 heteroatoms. The van der Waals surface area contributed by atoms with Gasteiger partial charge in [0, 0.05) is 62.3 Å². The van der Waals surface area contributed by atoms with E-state index in [2.05, 4.69) is 16.9 Å². The smallest absolute Gasteiger partial charge is 0.416 e. The number of alkyl halides is 3. The number of nitrogens with one attached hydrogen (secondary N) is 1. The van der Waals surface area contributed by atoms with Crippen LogP contribution in [0, 0.1) is 0 Å². The number of rotatable bonds is 7. The monoisotopic (exact) mass is 551 g/mol. The van der Waals surface area contributed by atoms with Gasteiger partial charge in [0.1, 0.15) is 11.4 Å². The number of ether oxygens (including phenoxy) is 3. The molecule has 2 atom stereocenters. The lowest BCUT2D eigenvalue weighted by Crippen LogP contribution is -2.54. The summed E-state index contributed by atoms with van der Waals surface area (Å²) >= 11 is 0. The summed E-state index contributed by atoms with van der Waals surface area (Å²) in [7, 11) is 1.69. The molecule has 214 valence electrons. The Bertz CT molecular complexity index is 1120. The number of aliphatic imine (C=N–C) groups is 1. The van der Waals surface area contributed by atoms with Crippen LogP contribution in [0.25, 0.3) is 0 Å². The van der Waals surface area contributed by atoms with Gasteiger partial charge in [0.2, 0.25) is 0 Å². The number of halogens is 3. The first-order valence-corrected chi connectivity index (χ1v) is 13.0. The van der Waals surface area contributed by atoms with E-state index in [1.807, 2.05) is 0 Å². The number of benzene rings is 1. The lowest BCUT2D eigenvalue weighted by atomic mass is 9.99. The third kappa shape index (κ3) is 6.74. The number of methoxy groups -OCH3 is 1. The molecule has 0 radical (unpaired) electrons. The summed E-state index contributed by atoms with van der Waals surface area (Å²) in [6.45, 7) is 8.37. The first-order chi connectivity index (χ1) is 18.6. The van der Waals surface area contributed by atoms with Crippen molar-refractivity contribution in [3.8, 4) is 5.75 Å². The lowest BCUT2D eigenvalue weighted by Gasteiger charge is -2.38. The van der Waals surface area contributed by atoms with E-state index in [0.29, 0.717) is 48.9 Å². The van der Waals surface area contributed by atoms with Gasteiger partial charge in [-0.3, -0.25) is 4.79 Å². The predicted molar refractivity (Wildman–Crippen MR) is 140 cm³/mol. The first-order valence-electron chi connectivity index (χ1n) is 13.0. The van der Waals surface area contributed by atoms with Crippen molar-refractivity contribution in [3.05, 3.63) is 52.9 Å². The summed E-state index contributed by atoms with van der Waals surface area (Å²) in [6, 6.07) is 3.86. The molecule has 0 aliphatic carbocycles. The minimum Gasteiger partial charge on any atom is -0.473 e. The number of amides is 1. The Labute approximate surface area is 226 Å². The standard InChI is InChI=1S/C27H36F3N5O4/c1-17(18(2)35-13-19-12-20(27(28,29)30)4-5-23(19)39-16-35)25(32-15-31)26(36)34-9-6-21(7-10-34)33-22-8-11-38-14-24(22)37-3/h4-5,12,15,21-22,24,33H,2,6-11,13-14,16H2,1,3H3,(H2,31,32)/b25-17-/t22-,24+/m0/s1. The van der Waals surface area contributed by atoms with Crippen molar-refractivity contribution in [3.63, 3.8) is 0 Å². The van der Waals surface area contributed by atoms with E-state index < -0.39 is 11.7 Å². The molecule has 1 amide bonds.